The number of carbonyl (C=O) groups is 2. The Bertz CT molecular complexity index is 1180. The van der Waals surface area contributed by atoms with E-state index in [1.54, 1.807) is 43.5 Å². The molecule has 1 saturated carbocycles. The molecule has 0 spiro atoms. The number of carbonyl (C=O) groups excluding carboxylic acids is 1. The molecule has 1 aromatic heterocycles. The smallest absolute Gasteiger partial charge is 0.326 e. The number of benzene rings is 1. The van der Waals surface area contributed by atoms with E-state index in [4.69, 9.17) is 21.1 Å². The number of pyridine rings is 1. The molecule has 1 saturated heterocycles. The zero-order valence-electron chi connectivity index (χ0n) is 23.4. The van der Waals surface area contributed by atoms with Crippen LogP contribution in [0.4, 0.5) is 0 Å². The maximum Gasteiger partial charge on any atom is 0.326 e. The number of amides is 1. The fourth-order valence-corrected chi connectivity index (χ4v) is 6.62. The molecule has 0 bridgehead atoms. The van der Waals surface area contributed by atoms with E-state index in [-0.39, 0.29) is 11.8 Å². The number of aromatic nitrogens is 1. The first-order chi connectivity index (χ1) is 18.6. The van der Waals surface area contributed by atoms with Crippen LogP contribution in [0.15, 0.2) is 36.5 Å². The number of carboxylic acids is 1. The number of carboxylic acid groups (broad SMARTS) is 1. The molecule has 39 heavy (non-hydrogen) atoms. The number of hydrogen-bond donors (Lipinski definition) is 2. The van der Waals surface area contributed by atoms with Crippen LogP contribution in [0.3, 0.4) is 0 Å². The Morgan fingerprint density at radius 3 is 2.41 bits per heavy atom. The Morgan fingerprint density at radius 2 is 1.79 bits per heavy atom. The highest BCUT2D eigenvalue weighted by Gasteiger charge is 2.59. The Labute approximate surface area is 236 Å². The van der Waals surface area contributed by atoms with Crippen molar-refractivity contribution >= 4 is 23.5 Å². The summed E-state index contributed by atoms with van der Waals surface area (Å²) in [5, 5.41) is 14.9. The molecule has 212 valence electrons. The number of likely N-dealkylation sites (tertiary alicyclic amines) is 1. The zero-order chi connectivity index (χ0) is 28.3. The number of methoxy groups -OCH3 is 2. The minimum absolute atomic E-state index is 0.109. The predicted molar refractivity (Wildman–Crippen MR) is 150 cm³/mol. The standard InChI is InChI=1S/C30H40ClN3O5/c1-30(2,3)23-25(33-17-19-13-14-20(31)16-22(19)39-5)27(24-21(38-4)12-9-15-32-24)34(26(23)29(36)37)28(35)18-10-7-6-8-11-18/h9,12-16,18,23,25-27,33H,6-8,10-11,17H2,1-5H3,(H,36,37)/t23-,25-,26-,27-/m0/s1. The van der Waals surface area contributed by atoms with Crippen molar-refractivity contribution in [3.05, 3.63) is 52.8 Å². The van der Waals surface area contributed by atoms with Crippen molar-refractivity contribution in [3.63, 3.8) is 0 Å². The molecule has 1 aromatic carbocycles. The van der Waals surface area contributed by atoms with Crippen LogP contribution >= 0.6 is 11.6 Å². The monoisotopic (exact) mass is 557 g/mol. The number of halogens is 1. The number of nitrogens with one attached hydrogen (secondary N) is 1. The molecule has 1 amide bonds. The lowest BCUT2D eigenvalue weighted by Gasteiger charge is -2.36. The molecule has 2 aliphatic rings. The van der Waals surface area contributed by atoms with Gasteiger partial charge in [-0.15, -0.1) is 0 Å². The number of aliphatic carboxylic acids is 1. The van der Waals surface area contributed by atoms with Crippen LogP contribution in [0.25, 0.3) is 0 Å². The van der Waals surface area contributed by atoms with E-state index < -0.39 is 35.4 Å². The number of hydrogen-bond acceptors (Lipinski definition) is 6. The summed E-state index contributed by atoms with van der Waals surface area (Å²) in [5.41, 5.74) is 0.986. The van der Waals surface area contributed by atoms with Gasteiger partial charge in [-0.05, 0) is 42.5 Å². The van der Waals surface area contributed by atoms with Gasteiger partial charge in [0.15, 0.2) is 0 Å². The van der Waals surface area contributed by atoms with Gasteiger partial charge in [0.05, 0.1) is 20.3 Å². The summed E-state index contributed by atoms with van der Waals surface area (Å²) in [5.74, 6) is -0.573. The first kappa shape index (κ1) is 29.2. The third-order valence-electron chi connectivity index (χ3n) is 8.21. The summed E-state index contributed by atoms with van der Waals surface area (Å²) < 4.78 is 11.3. The average Bonchev–Trinajstić information content (AvgIpc) is 3.28. The molecular formula is C30H40ClN3O5. The Morgan fingerprint density at radius 1 is 1.10 bits per heavy atom. The van der Waals surface area contributed by atoms with Gasteiger partial charge >= 0.3 is 5.97 Å². The lowest BCUT2D eigenvalue weighted by molar-refractivity contribution is -0.154. The van der Waals surface area contributed by atoms with Crippen LogP contribution in [0.1, 0.15) is 70.2 Å². The fraction of sp³-hybridized carbons (Fsp3) is 0.567. The Balaban J connectivity index is 1.85. The van der Waals surface area contributed by atoms with Crippen molar-refractivity contribution in [2.45, 2.75) is 77.5 Å². The normalized spacial score (nSPS) is 24.0. The SMILES string of the molecule is COc1cc(Cl)ccc1CN[C@H]1[C@H](C(C)(C)C)[C@@H](C(=O)O)N(C(=O)C2CCCCC2)[C@H]1c1ncccc1OC. The number of nitrogens with zero attached hydrogens (tertiary/aromatic N) is 2. The van der Waals surface area contributed by atoms with Crippen molar-refractivity contribution in [1.82, 2.24) is 15.2 Å². The molecule has 8 nitrogen and oxygen atoms in total. The molecule has 2 heterocycles. The van der Waals surface area contributed by atoms with Gasteiger partial charge < -0.3 is 24.8 Å². The first-order valence-corrected chi connectivity index (χ1v) is 14.1. The quantitative estimate of drug-likeness (QED) is 0.442. The van der Waals surface area contributed by atoms with Crippen LogP contribution in [-0.4, -0.2) is 53.2 Å². The van der Waals surface area contributed by atoms with Gasteiger partial charge in [0, 0.05) is 41.2 Å². The number of rotatable bonds is 8. The predicted octanol–water partition coefficient (Wildman–Crippen LogP) is 5.49. The largest absolute Gasteiger partial charge is 0.496 e. The third kappa shape index (κ3) is 6.02. The summed E-state index contributed by atoms with van der Waals surface area (Å²) >= 11 is 6.19. The van der Waals surface area contributed by atoms with Crippen LogP contribution in [-0.2, 0) is 16.1 Å². The van der Waals surface area contributed by atoms with Gasteiger partial charge in [-0.2, -0.15) is 0 Å². The molecule has 2 fully saturated rings. The molecule has 4 atom stereocenters. The lowest BCUT2D eigenvalue weighted by atomic mass is 9.72. The van der Waals surface area contributed by atoms with Gasteiger partial charge in [0.1, 0.15) is 23.2 Å². The maximum absolute atomic E-state index is 14.3. The number of ether oxygens (including phenoxy) is 2. The highest BCUT2D eigenvalue weighted by molar-refractivity contribution is 6.30. The fourth-order valence-electron chi connectivity index (χ4n) is 6.46. The highest BCUT2D eigenvalue weighted by atomic mass is 35.5. The molecule has 2 N–H and O–H groups in total. The second-order valence-corrected chi connectivity index (χ2v) is 12.1. The van der Waals surface area contributed by atoms with Gasteiger partial charge in [-0.25, -0.2) is 4.79 Å². The second kappa shape index (κ2) is 12.1. The molecular weight excluding hydrogens is 518 g/mol. The molecule has 2 aromatic rings. The highest BCUT2D eigenvalue weighted by Crippen LogP contribution is 2.50. The van der Waals surface area contributed by atoms with E-state index in [1.807, 2.05) is 32.9 Å². The molecule has 1 aliphatic heterocycles. The Hall–Kier alpha value is -2.84. The maximum atomic E-state index is 14.3. The summed E-state index contributed by atoms with van der Waals surface area (Å²) in [6, 6.07) is 6.95. The average molecular weight is 558 g/mol. The molecule has 9 heteroatoms. The second-order valence-electron chi connectivity index (χ2n) is 11.7. The molecule has 0 radical (unpaired) electrons. The van der Waals surface area contributed by atoms with E-state index in [1.165, 1.54) is 0 Å². The summed E-state index contributed by atoms with van der Waals surface area (Å²) in [4.78, 5) is 33.6. The van der Waals surface area contributed by atoms with E-state index in [0.717, 1.165) is 37.7 Å². The Kier molecular flexibility index (Phi) is 9.07. The van der Waals surface area contributed by atoms with E-state index in [9.17, 15) is 14.7 Å². The summed E-state index contributed by atoms with van der Waals surface area (Å²) in [6.07, 6.45) is 6.25. The van der Waals surface area contributed by atoms with Crippen LogP contribution in [0, 0.1) is 17.3 Å². The van der Waals surface area contributed by atoms with Crippen LogP contribution in [0.2, 0.25) is 5.02 Å². The van der Waals surface area contributed by atoms with Gasteiger partial charge in [0.25, 0.3) is 0 Å². The van der Waals surface area contributed by atoms with Gasteiger partial charge in [0.2, 0.25) is 5.91 Å². The van der Waals surface area contributed by atoms with Gasteiger partial charge in [-0.1, -0.05) is 57.7 Å². The molecule has 4 rings (SSSR count). The topological polar surface area (TPSA) is 101 Å². The van der Waals surface area contributed by atoms with Crippen LogP contribution in [0.5, 0.6) is 11.5 Å². The van der Waals surface area contributed by atoms with E-state index >= 15 is 0 Å². The first-order valence-electron chi connectivity index (χ1n) is 13.7. The van der Waals surface area contributed by atoms with Crippen molar-refractivity contribution in [1.29, 1.82) is 0 Å². The lowest BCUT2D eigenvalue weighted by Crippen LogP contribution is -2.49. The molecule has 0 unspecified atom stereocenters. The van der Waals surface area contributed by atoms with E-state index in [2.05, 4.69) is 10.3 Å². The summed E-state index contributed by atoms with van der Waals surface area (Å²) in [6.45, 7) is 6.49. The summed E-state index contributed by atoms with van der Waals surface area (Å²) in [7, 11) is 3.16. The van der Waals surface area contributed by atoms with Crippen molar-refractivity contribution in [2.24, 2.45) is 17.3 Å². The third-order valence-corrected chi connectivity index (χ3v) is 8.44. The van der Waals surface area contributed by atoms with Gasteiger partial charge in [-0.3, -0.25) is 9.78 Å². The van der Waals surface area contributed by atoms with Crippen LogP contribution < -0.4 is 14.8 Å². The minimum Gasteiger partial charge on any atom is -0.496 e. The van der Waals surface area contributed by atoms with Crippen molar-refractivity contribution in [3.8, 4) is 11.5 Å². The van der Waals surface area contributed by atoms with Crippen molar-refractivity contribution < 1.29 is 24.2 Å². The zero-order valence-corrected chi connectivity index (χ0v) is 24.2. The minimum atomic E-state index is -1.03. The van der Waals surface area contributed by atoms with Crippen molar-refractivity contribution in [2.75, 3.05) is 14.2 Å². The molecule has 1 aliphatic carbocycles. The van der Waals surface area contributed by atoms with E-state index in [0.29, 0.717) is 28.8 Å².